The summed E-state index contributed by atoms with van der Waals surface area (Å²) < 4.78 is 5.18. The number of halogens is 1. The Labute approximate surface area is 78.0 Å². The summed E-state index contributed by atoms with van der Waals surface area (Å²) in [5.41, 5.74) is 0.162. The molecule has 0 heterocycles. The second kappa shape index (κ2) is 4.94. The van der Waals surface area contributed by atoms with E-state index in [4.69, 9.17) is 4.74 Å². The minimum absolute atomic E-state index is 0.162. The van der Waals surface area contributed by atoms with Crippen LogP contribution in [-0.4, -0.2) is 18.5 Å². The van der Waals surface area contributed by atoms with Crippen LogP contribution in [0.25, 0.3) is 0 Å². The average molecular weight is 221 g/mol. The van der Waals surface area contributed by atoms with Crippen molar-refractivity contribution in [2.45, 2.75) is 26.4 Å². The van der Waals surface area contributed by atoms with E-state index in [0.717, 1.165) is 11.8 Å². The van der Waals surface area contributed by atoms with E-state index >= 15 is 0 Å². The molecule has 0 saturated heterocycles. The van der Waals surface area contributed by atoms with Gasteiger partial charge in [0.25, 0.3) is 0 Å². The van der Waals surface area contributed by atoms with E-state index in [1.807, 2.05) is 6.08 Å². The van der Waals surface area contributed by atoms with Crippen molar-refractivity contribution in [2.24, 2.45) is 5.41 Å². The topological polar surface area (TPSA) is 9.23 Å². The smallest absolute Gasteiger partial charge is 0.0551 e. The zero-order valence-corrected chi connectivity index (χ0v) is 9.15. The van der Waals surface area contributed by atoms with Crippen LogP contribution in [0.4, 0.5) is 0 Å². The standard InChI is InChI=1S/C9H17BrO/c1-5-9(3,7-10)6-8(2)11-4/h5,8H,1,6-7H2,2-4H3. The predicted octanol–water partition coefficient (Wildman–Crippen LogP) is 3.00. The first-order chi connectivity index (χ1) is 5.08. The Morgan fingerprint density at radius 3 is 2.55 bits per heavy atom. The molecule has 0 fully saturated rings. The summed E-state index contributed by atoms with van der Waals surface area (Å²) in [6.45, 7) is 8.05. The first-order valence-electron chi connectivity index (χ1n) is 3.80. The molecule has 0 spiro atoms. The molecule has 0 aromatic carbocycles. The molecule has 0 rings (SSSR count). The number of alkyl halides is 1. The molecule has 11 heavy (non-hydrogen) atoms. The zero-order chi connectivity index (χ0) is 8.91. The summed E-state index contributed by atoms with van der Waals surface area (Å²) in [6, 6.07) is 0. The van der Waals surface area contributed by atoms with Crippen molar-refractivity contribution in [2.75, 3.05) is 12.4 Å². The van der Waals surface area contributed by atoms with Crippen molar-refractivity contribution in [3.05, 3.63) is 12.7 Å². The summed E-state index contributed by atoms with van der Waals surface area (Å²) in [4.78, 5) is 0. The van der Waals surface area contributed by atoms with Crippen LogP contribution in [-0.2, 0) is 4.74 Å². The molecule has 0 radical (unpaired) electrons. The van der Waals surface area contributed by atoms with E-state index in [-0.39, 0.29) is 5.41 Å². The van der Waals surface area contributed by atoms with Gasteiger partial charge in [-0.15, -0.1) is 6.58 Å². The molecule has 0 aromatic heterocycles. The normalized spacial score (nSPS) is 18.9. The second-order valence-electron chi connectivity index (χ2n) is 3.24. The molecular formula is C9H17BrO. The number of hydrogen-bond donors (Lipinski definition) is 0. The van der Waals surface area contributed by atoms with Gasteiger partial charge in [-0.25, -0.2) is 0 Å². The summed E-state index contributed by atoms with van der Waals surface area (Å²) >= 11 is 3.46. The van der Waals surface area contributed by atoms with Crippen molar-refractivity contribution < 1.29 is 4.74 Å². The minimum atomic E-state index is 0.162. The van der Waals surface area contributed by atoms with Crippen LogP contribution in [0.2, 0.25) is 0 Å². The lowest BCUT2D eigenvalue weighted by atomic mass is 9.87. The zero-order valence-electron chi connectivity index (χ0n) is 7.56. The van der Waals surface area contributed by atoms with Crippen LogP contribution < -0.4 is 0 Å². The van der Waals surface area contributed by atoms with Crippen molar-refractivity contribution >= 4 is 15.9 Å². The van der Waals surface area contributed by atoms with Crippen LogP contribution in [0.1, 0.15) is 20.3 Å². The Balaban J connectivity index is 3.96. The Morgan fingerprint density at radius 1 is 1.73 bits per heavy atom. The van der Waals surface area contributed by atoms with E-state index in [0.29, 0.717) is 6.10 Å². The van der Waals surface area contributed by atoms with Gasteiger partial charge in [0, 0.05) is 12.4 Å². The molecular weight excluding hydrogens is 204 g/mol. The first kappa shape index (κ1) is 11.2. The monoisotopic (exact) mass is 220 g/mol. The summed E-state index contributed by atoms with van der Waals surface area (Å²) in [7, 11) is 1.74. The van der Waals surface area contributed by atoms with Gasteiger partial charge in [-0.05, 0) is 18.8 Å². The lowest BCUT2D eigenvalue weighted by molar-refractivity contribution is 0.0884. The van der Waals surface area contributed by atoms with Gasteiger partial charge < -0.3 is 4.74 Å². The van der Waals surface area contributed by atoms with E-state index < -0.39 is 0 Å². The van der Waals surface area contributed by atoms with Crippen molar-refractivity contribution in [3.63, 3.8) is 0 Å². The van der Waals surface area contributed by atoms with Gasteiger partial charge in [0.2, 0.25) is 0 Å². The van der Waals surface area contributed by atoms with Gasteiger partial charge in [0.05, 0.1) is 6.10 Å². The Morgan fingerprint density at radius 2 is 2.27 bits per heavy atom. The maximum Gasteiger partial charge on any atom is 0.0551 e. The molecule has 0 aliphatic carbocycles. The van der Waals surface area contributed by atoms with Crippen LogP contribution in [0, 0.1) is 5.41 Å². The third kappa shape index (κ3) is 3.92. The van der Waals surface area contributed by atoms with Crippen molar-refractivity contribution in [3.8, 4) is 0 Å². The molecule has 0 amide bonds. The van der Waals surface area contributed by atoms with Crippen molar-refractivity contribution in [1.29, 1.82) is 0 Å². The van der Waals surface area contributed by atoms with Gasteiger partial charge in [0.15, 0.2) is 0 Å². The van der Waals surface area contributed by atoms with Gasteiger partial charge >= 0.3 is 0 Å². The van der Waals surface area contributed by atoms with Crippen LogP contribution in [0.15, 0.2) is 12.7 Å². The second-order valence-corrected chi connectivity index (χ2v) is 3.80. The average Bonchev–Trinajstić information content (AvgIpc) is 2.04. The molecule has 0 aliphatic heterocycles. The highest BCUT2D eigenvalue weighted by Crippen LogP contribution is 2.27. The molecule has 1 nitrogen and oxygen atoms in total. The number of methoxy groups -OCH3 is 1. The fourth-order valence-corrected chi connectivity index (χ4v) is 1.39. The highest BCUT2D eigenvalue weighted by Gasteiger charge is 2.21. The maximum atomic E-state index is 5.18. The van der Waals surface area contributed by atoms with Gasteiger partial charge in [0.1, 0.15) is 0 Å². The Bertz CT molecular complexity index is 125. The summed E-state index contributed by atoms with van der Waals surface area (Å²) in [5.74, 6) is 0. The third-order valence-corrected chi connectivity index (χ3v) is 3.24. The van der Waals surface area contributed by atoms with Crippen LogP contribution in [0.3, 0.4) is 0 Å². The van der Waals surface area contributed by atoms with E-state index in [9.17, 15) is 0 Å². The molecule has 2 heteroatoms. The summed E-state index contributed by atoms with van der Waals surface area (Å²) in [5, 5.41) is 0.942. The fraction of sp³-hybridized carbons (Fsp3) is 0.778. The minimum Gasteiger partial charge on any atom is -0.382 e. The number of hydrogen-bond acceptors (Lipinski definition) is 1. The molecule has 2 unspecified atom stereocenters. The first-order valence-corrected chi connectivity index (χ1v) is 4.92. The van der Waals surface area contributed by atoms with Crippen molar-refractivity contribution in [1.82, 2.24) is 0 Å². The van der Waals surface area contributed by atoms with E-state index in [1.165, 1.54) is 0 Å². The van der Waals surface area contributed by atoms with E-state index in [2.05, 4.69) is 36.4 Å². The highest BCUT2D eigenvalue weighted by atomic mass is 79.9. The predicted molar refractivity (Wildman–Crippen MR) is 53.2 cm³/mol. The Kier molecular flexibility index (Phi) is 5.02. The number of allylic oxidation sites excluding steroid dienone is 1. The molecule has 0 N–H and O–H groups in total. The van der Waals surface area contributed by atoms with Crippen LogP contribution >= 0.6 is 15.9 Å². The highest BCUT2D eigenvalue weighted by molar-refractivity contribution is 9.09. The SMILES string of the molecule is C=CC(C)(CBr)CC(C)OC. The maximum absolute atomic E-state index is 5.18. The largest absolute Gasteiger partial charge is 0.382 e. The van der Waals surface area contributed by atoms with Gasteiger partial charge in [-0.2, -0.15) is 0 Å². The van der Waals surface area contributed by atoms with Crippen LogP contribution in [0.5, 0.6) is 0 Å². The van der Waals surface area contributed by atoms with E-state index in [1.54, 1.807) is 7.11 Å². The molecule has 66 valence electrons. The lowest BCUT2D eigenvalue weighted by Crippen LogP contribution is -2.22. The lowest BCUT2D eigenvalue weighted by Gasteiger charge is -2.25. The molecule has 0 bridgehead atoms. The third-order valence-electron chi connectivity index (χ3n) is 1.95. The van der Waals surface area contributed by atoms with Gasteiger partial charge in [-0.3, -0.25) is 0 Å². The van der Waals surface area contributed by atoms with Gasteiger partial charge in [-0.1, -0.05) is 28.9 Å². The molecule has 0 aromatic rings. The molecule has 0 saturated carbocycles. The number of rotatable bonds is 5. The fourth-order valence-electron chi connectivity index (χ4n) is 0.932. The summed E-state index contributed by atoms with van der Waals surface area (Å²) in [6.07, 6.45) is 3.30. The number of ether oxygens (including phenoxy) is 1. The molecule has 0 aliphatic rings. The quantitative estimate of drug-likeness (QED) is 0.512. The Hall–Kier alpha value is 0.180. The molecule has 2 atom stereocenters.